The molecule has 1 atom stereocenters. The first-order valence-corrected chi connectivity index (χ1v) is 12.6. The minimum Gasteiger partial charge on any atom is -0.383 e. The summed E-state index contributed by atoms with van der Waals surface area (Å²) in [6.45, 7) is 4.72. The van der Waals surface area contributed by atoms with Crippen LogP contribution in [-0.4, -0.2) is 66.6 Å². The fourth-order valence-corrected chi connectivity index (χ4v) is 4.94. The van der Waals surface area contributed by atoms with E-state index in [2.05, 4.69) is 43.9 Å². The Morgan fingerprint density at radius 1 is 1.11 bits per heavy atom. The Balaban J connectivity index is 1.33. The monoisotopic (exact) mass is 479 g/mol. The molecule has 0 aromatic carbocycles. The van der Waals surface area contributed by atoms with E-state index in [1.165, 1.54) is 0 Å². The molecular weight excluding hydrogens is 442 g/mol. The minimum absolute atomic E-state index is 0.376. The van der Waals surface area contributed by atoms with Gasteiger partial charge >= 0.3 is 0 Å². The molecule has 35 heavy (non-hydrogen) atoms. The summed E-state index contributed by atoms with van der Waals surface area (Å²) in [5.74, 6) is 1.58. The zero-order chi connectivity index (χ0) is 24.5. The molecule has 3 heterocycles. The van der Waals surface area contributed by atoms with E-state index in [4.69, 9.17) is 9.47 Å². The number of anilines is 2. The van der Waals surface area contributed by atoms with Crippen molar-refractivity contribution in [3.63, 3.8) is 0 Å². The number of aromatic nitrogens is 3. The Hall–Kier alpha value is -2.80. The third-order valence-electron chi connectivity index (χ3n) is 7.03. The smallest absolute Gasteiger partial charge is 0.130 e. The van der Waals surface area contributed by atoms with E-state index in [-0.39, 0.29) is 0 Å². The highest BCUT2D eigenvalue weighted by atomic mass is 16.5. The number of nitrogens with one attached hydrogen (secondary N) is 3. The Labute approximate surface area is 208 Å². The second-order valence-corrected chi connectivity index (χ2v) is 9.79. The van der Waals surface area contributed by atoms with Gasteiger partial charge in [0.05, 0.1) is 23.8 Å². The van der Waals surface area contributed by atoms with Crippen molar-refractivity contribution in [2.75, 3.05) is 44.1 Å². The summed E-state index contributed by atoms with van der Waals surface area (Å²) in [7, 11) is 1.75. The SMILES string of the molecule is COC[C@H](C)NC1CCC(Nc2cc(-c3ccnc(NCC4(C#N)CCOCC4)c3)ncn2)CC1. The molecule has 0 unspecified atom stereocenters. The van der Waals surface area contributed by atoms with Crippen molar-refractivity contribution < 1.29 is 9.47 Å². The van der Waals surface area contributed by atoms with Gasteiger partial charge in [-0.2, -0.15) is 5.26 Å². The first-order chi connectivity index (χ1) is 17.1. The largest absolute Gasteiger partial charge is 0.383 e. The first kappa shape index (κ1) is 25.3. The molecule has 0 spiro atoms. The molecule has 2 aromatic heterocycles. The number of pyridine rings is 1. The zero-order valence-corrected chi connectivity index (χ0v) is 20.8. The Morgan fingerprint density at radius 2 is 1.89 bits per heavy atom. The first-order valence-electron chi connectivity index (χ1n) is 12.6. The summed E-state index contributed by atoms with van der Waals surface area (Å²) >= 11 is 0. The molecule has 0 amide bonds. The van der Waals surface area contributed by atoms with Crippen LogP contribution in [0.15, 0.2) is 30.7 Å². The number of nitrogens with zero attached hydrogens (tertiary/aromatic N) is 4. The fourth-order valence-electron chi connectivity index (χ4n) is 4.94. The van der Waals surface area contributed by atoms with Gasteiger partial charge in [-0.05, 0) is 57.6 Å². The van der Waals surface area contributed by atoms with Crippen LogP contribution in [0.25, 0.3) is 11.3 Å². The summed E-state index contributed by atoms with van der Waals surface area (Å²) in [6, 6.07) is 9.74. The van der Waals surface area contributed by atoms with Crippen molar-refractivity contribution in [1.29, 1.82) is 5.26 Å². The van der Waals surface area contributed by atoms with Gasteiger partial charge in [-0.1, -0.05) is 0 Å². The zero-order valence-electron chi connectivity index (χ0n) is 20.8. The van der Waals surface area contributed by atoms with Gasteiger partial charge in [-0.25, -0.2) is 15.0 Å². The third kappa shape index (κ3) is 7.10. The predicted molar refractivity (Wildman–Crippen MR) is 136 cm³/mol. The van der Waals surface area contributed by atoms with Crippen LogP contribution in [0.5, 0.6) is 0 Å². The van der Waals surface area contributed by atoms with Crippen molar-refractivity contribution in [2.24, 2.45) is 5.41 Å². The number of hydrogen-bond acceptors (Lipinski definition) is 9. The van der Waals surface area contributed by atoms with Crippen molar-refractivity contribution in [3.05, 3.63) is 30.7 Å². The molecule has 4 rings (SSSR count). The highest BCUT2D eigenvalue weighted by Crippen LogP contribution is 2.30. The molecule has 188 valence electrons. The van der Waals surface area contributed by atoms with Crippen molar-refractivity contribution in [2.45, 2.75) is 63.6 Å². The topological polar surface area (TPSA) is 117 Å². The molecule has 3 N–H and O–H groups in total. The number of ether oxygens (including phenoxy) is 2. The minimum atomic E-state index is -0.404. The molecule has 0 bridgehead atoms. The van der Waals surface area contributed by atoms with Gasteiger partial charge in [0.15, 0.2) is 0 Å². The summed E-state index contributed by atoms with van der Waals surface area (Å²) in [5, 5.41) is 20.3. The summed E-state index contributed by atoms with van der Waals surface area (Å²) in [6.07, 6.45) is 9.34. The standard InChI is InChI=1S/C26H37N7O2/c1-19(15-34-2)32-21-3-5-22(6-4-21)33-25-14-23(30-18-31-25)20-7-10-28-24(13-20)29-17-26(16-27)8-11-35-12-9-26/h7,10,13-14,18-19,21-22,32H,3-6,8-9,11-12,15,17H2,1-2H3,(H,28,29)(H,30,31,33)/t19-,21?,22?/m0/s1. The molecule has 2 aromatic rings. The summed E-state index contributed by atoms with van der Waals surface area (Å²) in [4.78, 5) is 13.4. The van der Waals surface area contributed by atoms with Crippen LogP contribution in [0, 0.1) is 16.7 Å². The predicted octanol–water partition coefficient (Wildman–Crippen LogP) is 3.62. The quantitative estimate of drug-likeness (QED) is 0.470. The molecule has 2 fully saturated rings. The molecule has 2 aliphatic rings. The van der Waals surface area contributed by atoms with Crippen LogP contribution in [0.1, 0.15) is 45.4 Å². The van der Waals surface area contributed by atoms with Gasteiger partial charge in [-0.3, -0.25) is 0 Å². The molecule has 1 aliphatic carbocycles. The molecule has 9 heteroatoms. The Kier molecular flexibility index (Phi) is 8.85. The van der Waals surface area contributed by atoms with Gasteiger partial charge in [0.25, 0.3) is 0 Å². The number of methoxy groups -OCH3 is 1. The molecule has 1 aliphatic heterocycles. The maximum atomic E-state index is 9.69. The van der Waals surface area contributed by atoms with E-state index in [1.807, 2.05) is 18.2 Å². The second-order valence-electron chi connectivity index (χ2n) is 9.79. The molecular formula is C26H37N7O2. The van der Waals surface area contributed by atoms with Crippen LogP contribution < -0.4 is 16.0 Å². The van der Waals surface area contributed by atoms with E-state index in [9.17, 15) is 5.26 Å². The van der Waals surface area contributed by atoms with E-state index in [1.54, 1.807) is 19.6 Å². The molecule has 9 nitrogen and oxygen atoms in total. The van der Waals surface area contributed by atoms with Gasteiger partial charge in [0.2, 0.25) is 0 Å². The lowest BCUT2D eigenvalue weighted by molar-refractivity contribution is 0.0455. The van der Waals surface area contributed by atoms with Crippen LogP contribution in [0.3, 0.4) is 0 Å². The van der Waals surface area contributed by atoms with Gasteiger partial charge in [0.1, 0.15) is 18.0 Å². The van der Waals surface area contributed by atoms with Crippen molar-refractivity contribution in [1.82, 2.24) is 20.3 Å². The summed E-state index contributed by atoms with van der Waals surface area (Å²) in [5.41, 5.74) is 1.40. The van der Waals surface area contributed by atoms with E-state index < -0.39 is 5.41 Å². The van der Waals surface area contributed by atoms with Gasteiger partial charge in [0, 0.05) is 62.8 Å². The van der Waals surface area contributed by atoms with E-state index >= 15 is 0 Å². The Bertz CT molecular complexity index is 982. The van der Waals surface area contributed by atoms with E-state index in [0.717, 1.165) is 68.0 Å². The average Bonchev–Trinajstić information content (AvgIpc) is 2.90. The lowest BCUT2D eigenvalue weighted by Crippen LogP contribution is -2.42. The van der Waals surface area contributed by atoms with Crippen molar-refractivity contribution in [3.8, 4) is 17.3 Å². The van der Waals surface area contributed by atoms with Crippen LogP contribution in [0.4, 0.5) is 11.6 Å². The van der Waals surface area contributed by atoms with Gasteiger partial charge in [-0.15, -0.1) is 0 Å². The number of hydrogen-bond donors (Lipinski definition) is 3. The van der Waals surface area contributed by atoms with Gasteiger partial charge < -0.3 is 25.4 Å². The lowest BCUT2D eigenvalue weighted by Gasteiger charge is -2.31. The molecule has 1 saturated carbocycles. The fraction of sp³-hybridized carbons (Fsp3) is 0.615. The van der Waals surface area contributed by atoms with E-state index in [0.29, 0.717) is 37.9 Å². The maximum Gasteiger partial charge on any atom is 0.130 e. The number of rotatable bonds is 10. The molecule has 0 radical (unpaired) electrons. The van der Waals surface area contributed by atoms with Crippen LogP contribution in [0.2, 0.25) is 0 Å². The number of nitriles is 1. The summed E-state index contributed by atoms with van der Waals surface area (Å²) < 4.78 is 10.7. The average molecular weight is 480 g/mol. The maximum absolute atomic E-state index is 9.69. The van der Waals surface area contributed by atoms with Crippen LogP contribution in [-0.2, 0) is 9.47 Å². The second kappa shape index (κ2) is 12.2. The highest BCUT2D eigenvalue weighted by molar-refractivity contribution is 5.65. The lowest BCUT2D eigenvalue weighted by atomic mass is 9.82. The van der Waals surface area contributed by atoms with Crippen molar-refractivity contribution >= 4 is 11.6 Å². The highest BCUT2D eigenvalue weighted by Gasteiger charge is 2.32. The van der Waals surface area contributed by atoms with Crippen LogP contribution >= 0.6 is 0 Å². The normalized spacial score (nSPS) is 22.7. The Morgan fingerprint density at radius 3 is 2.63 bits per heavy atom. The third-order valence-corrected chi connectivity index (χ3v) is 7.03. The molecule has 1 saturated heterocycles.